The summed E-state index contributed by atoms with van der Waals surface area (Å²) in [4.78, 5) is 0. The molecule has 0 spiro atoms. The predicted octanol–water partition coefficient (Wildman–Crippen LogP) is 4.13. The lowest BCUT2D eigenvalue weighted by Gasteiger charge is -2.18. The summed E-state index contributed by atoms with van der Waals surface area (Å²) in [6.07, 6.45) is 0.778. The molecule has 0 bridgehead atoms. The molecule has 2 heteroatoms. The number of hydrogen-bond acceptors (Lipinski definition) is 2. The predicted molar refractivity (Wildman–Crippen MR) is 80.2 cm³/mol. The molecule has 1 heterocycles. The van der Waals surface area contributed by atoms with E-state index >= 15 is 0 Å². The van der Waals surface area contributed by atoms with Crippen LogP contribution in [0, 0.1) is 0 Å². The molecule has 1 aromatic carbocycles. The van der Waals surface area contributed by atoms with Gasteiger partial charge in [0.1, 0.15) is 11.5 Å². The minimum absolute atomic E-state index is 0.127. The fourth-order valence-corrected chi connectivity index (χ4v) is 2.09. The van der Waals surface area contributed by atoms with Gasteiger partial charge < -0.3 is 10.2 Å². The molecule has 2 rings (SSSR count). The molecule has 0 amide bonds. The van der Waals surface area contributed by atoms with Crippen LogP contribution in [0.15, 0.2) is 40.8 Å². The average molecular weight is 257 g/mol. The molecule has 0 aliphatic rings. The molecule has 19 heavy (non-hydrogen) atoms. The van der Waals surface area contributed by atoms with Crippen molar-refractivity contribution in [2.45, 2.75) is 45.6 Å². The molecule has 1 aromatic heterocycles. The highest BCUT2D eigenvalue weighted by Gasteiger charge is 2.13. The van der Waals surface area contributed by atoms with Gasteiger partial charge in [0.15, 0.2) is 0 Å². The van der Waals surface area contributed by atoms with Crippen LogP contribution in [-0.2, 0) is 11.8 Å². The van der Waals surface area contributed by atoms with Crippen LogP contribution in [0.5, 0.6) is 0 Å². The lowest BCUT2D eigenvalue weighted by Crippen LogP contribution is -2.17. The van der Waals surface area contributed by atoms with Crippen LogP contribution >= 0.6 is 0 Å². The van der Waals surface area contributed by atoms with Crippen LogP contribution in [0.2, 0.25) is 0 Å². The van der Waals surface area contributed by atoms with Crippen LogP contribution in [0.25, 0.3) is 11.3 Å². The lowest BCUT2D eigenvalue weighted by molar-refractivity contribution is 0.503. The smallest absolute Gasteiger partial charge is 0.134 e. The van der Waals surface area contributed by atoms with Crippen LogP contribution in [0.3, 0.4) is 0 Å². The fraction of sp³-hybridized carbons (Fsp3) is 0.412. The summed E-state index contributed by atoms with van der Waals surface area (Å²) >= 11 is 0. The van der Waals surface area contributed by atoms with Gasteiger partial charge in [-0.25, -0.2) is 0 Å². The Balaban J connectivity index is 2.20. The molecule has 0 radical (unpaired) electrons. The largest absolute Gasteiger partial charge is 0.461 e. The molecule has 2 aromatic rings. The van der Waals surface area contributed by atoms with E-state index in [2.05, 4.69) is 45.0 Å². The summed E-state index contributed by atoms with van der Waals surface area (Å²) in [6, 6.07) is 12.7. The van der Waals surface area contributed by atoms with Crippen molar-refractivity contribution in [3.63, 3.8) is 0 Å². The van der Waals surface area contributed by atoms with E-state index in [9.17, 15) is 0 Å². The van der Waals surface area contributed by atoms with Gasteiger partial charge in [-0.15, -0.1) is 0 Å². The normalized spacial score (nSPS) is 13.5. The highest BCUT2D eigenvalue weighted by Crippen LogP contribution is 2.27. The van der Waals surface area contributed by atoms with Gasteiger partial charge in [-0.3, -0.25) is 0 Å². The van der Waals surface area contributed by atoms with Gasteiger partial charge in [0.05, 0.1) is 0 Å². The summed E-state index contributed by atoms with van der Waals surface area (Å²) in [7, 11) is 0. The summed E-state index contributed by atoms with van der Waals surface area (Å²) < 4.78 is 5.83. The molecule has 0 aliphatic heterocycles. The van der Waals surface area contributed by atoms with E-state index < -0.39 is 0 Å². The van der Waals surface area contributed by atoms with Crippen molar-refractivity contribution in [3.05, 3.63) is 47.7 Å². The summed E-state index contributed by atoms with van der Waals surface area (Å²) in [6.45, 7) is 8.64. The molecular weight excluding hydrogens is 234 g/mol. The molecule has 1 atom stereocenters. The minimum Gasteiger partial charge on any atom is -0.461 e. The molecular formula is C17H23NO. The summed E-state index contributed by atoms with van der Waals surface area (Å²) in [5.74, 6) is 1.86. The van der Waals surface area contributed by atoms with E-state index in [1.807, 2.05) is 19.1 Å². The Labute approximate surface area is 115 Å². The topological polar surface area (TPSA) is 39.2 Å². The molecule has 0 saturated heterocycles. The molecule has 0 fully saturated rings. The second kappa shape index (κ2) is 5.22. The Hall–Kier alpha value is -1.54. The van der Waals surface area contributed by atoms with E-state index in [0.29, 0.717) is 0 Å². The second-order valence-corrected chi connectivity index (χ2v) is 6.27. The molecule has 1 unspecified atom stereocenters. The van der Waals surface area contributed by atoms with Crippen molar-refractivity contribution in [1.82, 2.24) is 0 Å². The van der Waals surface area contributed by atoms with Crippen LogP contribution in [-0.4, -0.2) is 6.04 Å². The Morgan fingerprint density at radius 2 is 1.68 bits per heavy atom. The van der Waals surface area contributed by atoms with Crippen LogP contribution in [0.4, 0.5) is 0 Å². The van der Waals surface area contributed by atoms with Gasteiger partial charge in [0.2, 0.25) is 0 Å². The van der Waals surface area contributed by atoms with Gasteiger partial charge >= 0.3 is 0 Å². The fourth-order valence-electron chi connectivity index (χ4n) is 2.09. The monoisotopic (exact) mass is 257 g/mol. The molecule has 2 N–H and O–H groups in total. The van der Waals surface area contributed by atoms with Gasteiger partial charge in [-0.1, -0.05) is 45.0 Å². The molecule has 0 saturated carbocycles. The maximum atomic E-state index is 5.83. The maximum Gasteiger partial charge on any atom is 0.134 e. The zero-order chi connectivity index (χ0) is 14.0. The average Bonchev–Trinajstić information content (AvgIpc) is 2.75. The van der Waals surface area contributed by atoms with E-state index in [0.717, 1.165) is 23.5 Å². The minimum atomic E-state index is 0.127. The van der Waals surface area contributed by atoms with Crippen molar-refractivity contribution in [3.8, 4) is 11.3 Å². The van der Waals surface area contributed by atoms with Gasteiger partial charge in [0.25, 0.3) is 0 Å². The summed E-state index contributed by atoms with van der Waals surface area (Å²) in [5, 5.41) is 0. The van der Waals surface area contributed by atoms with Crippen LogP contribution in [0.1, 0.15) is 39.0 Å². The van der Waals surface area contributed by atoms with E-state index in [1.54, 1.807) is 0 Å². The van der Waals surface area contributed by atoms with Crippen molar-refractivity contribution < 1.29 is 4.42 Å². The van der Waals surface area contributed by atoms with Crippen molar-refractivity contribution in [1.29, 1.82) is 0 Å². The first-order valence-electron chi connectivity index (χ1n) is 6.81. The van der Waals surface area contributed by atoms with E-state index in [1.165, 1.54) is 5.56 Å². The van der Waals surface area contributed by atoms with Crippen molar-refractivity contribution >= 4 is 0 Å². The lowest BCUT2D eigenvalue weighted by atomic mass is 9.86. The first-order chi connectivity index (χ1) is 8.86. The quantitative estimate of drug-likeness (QED) is 0.897. The van der Waals surface area contributed by atoms with Crippen molar-refractivity contribution in [2.75, 3.05) is 0 Å². The second-order valence-electron chi connectivity index (χ2n) is 6.27. The molecule has 2 nitrogen and oxygen atoms in total. The Morgan fingerprint density at radius 3 is 2.21 bits per heavy atom. The highest BCUT2D eigenvalue weighted by atomic mass is 16.3. The summed E-state index contributed by atoms with van der Waals surface area (Å²) in [5.41, 5.74) is 8.41. The Morgan fingerprint density at radius 1 is 1.05 bits per heavy atom. The molecule has 0 aliphatic carbocycles. The number of furan rings is 1. The first-order valence-corrected chi connectivity index (χ1v) is 6.81. The van der Waals surface area contributed by atoms with Gasteiger partial charge in [0, 0.05) is 18.0 Å². The zero-order valence-corrected chi connectivity index (χ0v) is 12.2. The number of benzene rings is 1. The number of hydrogen-bond donors (Lipinski definition) is 1. The Kier molecular flexibility index (Phi) is 3.81. The third-order valence-electron chi connectivity index (χ3n) is 3.22. The Bertz CT molecular complexity index is 529. The third-order valence-corrected chi connectivity index (χ3v) is 3.22. The van der Waals surface area contributed by atoms with E-state index in [-0.39, 0.29) is 11.5 Å². The maximum absolute atomic E-state index is 5.83. The van der Waals surface area contributed by atoms with Gasteiger partial charge in [-0.05, 0) is 30.0 Å². The number of rotatable bonds is 3. The van der Waals surface area contributed by atoms with Gasteiger partial charge in [-0.2, -0.15) is 0 Å². The molecule has 102 valence electrons. The van der Waals surface area contributed by atoms with E-state index in [4.69, 9.17) is 10.2 Å². The van der Waals surface area contributed by atoms with Crippen LogP contribution < -0.4 is 5.73 Å². The number of nitrogens with two attached hydrogens (primary N) is 1. The standard InChI is InChI=1S/C17H23NO/c1-12(18)11-15-9-10-16(19-15)13-5-7-14(8-6-13)17(2,3)4/h5-10,12H,11,18H2,1-4H3. The SMILES string of the molecule is CC(N)Cc1ccc(-c2ccc(C(C)(C)C)cc2)o1. The van der Waals surface area contributed by atoms with Crippen molar-refractivity contribution in [2.24, 2.45) is 5.73 Å². The highest BCUT2D eigenvalue weighted by molar-refractivity contribution is 5.58. The zero-order valence-electron chi connectivity index (χ0n) is 12.2. The third kappa shape index (κ3) is 3.48. The first kappa shape index (κ1) is 13.9.